The highest BCUT2D eigenvalue weighted by molar-refractivity contribution is 6.21. The van der Waals surface area contributed by atoms with Gasteiger partial charge in [0.1, 0.15) is 0 Å². The first-order valence-electron chi connectivity index (χ1n) is 11.0. The highest BCUT2D eigenvalue weighted by Gasteiger charge is 2.37. The maximum Gasteiger partial charge on any atom is 0.416 e. The smallest absolute Gasteiger partial charge is 0.341 e. The van der Waals surface area contributed by atoms with Gasteiger partial charge in [-0.05, 0) is 30.7 Å². The molecular weight excluding hydrogens is 465 g/mol. The average molecular weight is 484 g/mol. The summed E-state index contributed by atoms with van der Waals surface area (Å²) in [6, 6.07) is 11.3. The van der Waals surface area contributed by atoms with Gasteiger partial charge in [-0.3, -0.25) is 19.3 Å². The number of aromatic nitrogens is 2. The van der Waals surface area contributed by atoms with E-state index in [2.05, 4.69) is 10.1 Å². The van der Waals surface area contributed by atoms with Crippen molar-refractivity contribution in [1.29, 1.82) is 0 Å². The summed E-state index contributed by atoms with van der Waals surface area (Å²) in [5.74, 6) is -0.730. The molecule has 0 atom stereocenters. The van der Waals surface area contributed by atoms with E-state index in [0.717, 1.165) is 17.0 Å². The summed E-state index contributed by atoms with van der Waals surface area (Å²) in [6.07, 6.45) is -3.97. The Kier molecular flexibility index (Phi) is 5.62. The van der Waals surface area contributed by atoms with E-state index < -0.39 is 11.7 Å². The van der Waals surface area contributed by atoms with E-state index in [-0.39, 0.29) is 53.9 Å². The lowest BCUT2D eigenvalue weighted by Crippen LogP contribution is -2.48. The lowest BCUT2D eigenvalue weighted by molar-refractivity contribution is -0.137. The Morgan fingerprint density at radius 1 is 1.03 bits per heavy atom. The van der Waals surface area contributed by atoms with E-state index >= 15 is 0 Å². The van der Waals surface area contributed by atoms with Crippen LogP contribution in [-0.2, 0) is 11.0 Å². The van der Waals surface area contributed by atoms with Crippen molar-refractivity contribution in [2.75, 3.05) is 19.6 Å². The van der Waals surface area contributed by atoms with Gasteiger partial charge in [0.25, 0.3) is 11.8 Å². The van der Waals surface area contributed by atoms with Crippen molar-refractivity contribution in [2.24, 2.45) is 0 Å². The van der Waals surface area contributed by atoms with Gasteiger partial charge in [-0.15, -0.1) is 0 Å². The van der Waals surface area contributed by atoms with Crippen molar-refractivity contribution in [2.45, 2.75) is 24.9 Å². The molecule has 35 heavy (non-hydrogen) atoms. The van der Waals surface area contributed by atoms with E-state index in [1.165, 1.54) is 12.1 Å². The van der Waals surface area contributed by atoms with Crippen LogP contribution in [0.15, 0.2) is 53.1 Å². The molecule has 2 aromatic carbocycles. The van der Waals surface area contributed by atoms with Crippen molar-refractivity contribution < 1.29 is 32.1 Å². The summed E-state index contributed by atoms with van der Waals surface area (Å²) >= 11 is 0. The first-order chi connectivity index (χ1) is 16.7. The Morgan fingerprint density at radius 3 is 2.37 bits per heavy atom. The molecule has 0 saturated carbocycles. The summed E-state index contributed by atoms with van der Waals surface area (Å²) in [7, 11) is 0. The third kappa shape index (κ3) is 4.29. The molecule has 1 aromatic heterocycles. The standard InChI is InChI=1S/C24H19F3N4O4/c25-24(26,27)16-6-3-5-14(11-16)20-28-21(35-29-20)15-12-30(13-15)19(32)9-4-10-31-22(33)17-7-1-2-8-18(17)23(31)34/h1-3,5-8,11,15H,4,9-10,12-13H2. The average Bonchev–Trinajstić information content (AvgIpc) is 3.37. The molecule has 0 radical (unpaired) electrons. The summed E-state index contributed by atoms with van der Waals surface area (Å²) in [5, 5.41) is 3.78. The van der Waals surface area contributed by atoms with Crippen LogP contribution in [-0.4, -0.2) is 57.3 Å². The molecule has 0 aliphatic carbocycles. The Labute approximate surface area is 197 Å². The number of imide groups is 1. The number of halogens is 3. The van der Waals surface area contributed by atoms with Gasteiger partial charge in [-0.1, -0.05) is 29.4 Å². The molecule has 0 bridgehead atoms. The number of hydrogen-bond acceptors (Lipinski definition) is 6. The minimum atomic E-state index is -4.48. The SMILES string of the molecule is O=C(CCCN1C(=O)c2ccccc2C1=O)N1CC(c2nc(-c3cccc(C(F)(F)F)c3)no2)C1. The Balaban J connectivity index is 1.12. The largest absolute Gasteiger partial charge is 0.416 e. The van der Waals surface area contributed by atoms with Crippen LogP contribution in [0.5, 0.6) is 0 Å². The fourth-order valence-electron chi connectivity index (χ4n) is 4.18. The summed E-state index contributed by atoms with van der Waals surface area (Å²) in [5.41, 5.74) is 0.134. The Bertz CT molecular complexity index is 1280. The summed E-state index contributed by atoms with van der Waals surface area (Å²) in [6.45, 7) is 0.839. The molecular formula is C24H19F3N4O4. The minimum absolute atomic E-state index is 0.0526. The predicted molar refractivity (Wildman–Crippen MR) is 115 cm³/mol. The zero-order valence-electron chi connectivity index (χ0n) is 18.3. The van der Waals surface area contributed by atoms with Crippen molar-refractivity contribution in [3.05, 3.63) is 71.1 Å². The third-order valence-electron chi connectivity index (χ3n) is 6.12. The lowest BCUT2D eigenvalue weighted by Gasteiger charge is -2.37. The zero-order valence-corrected chi connectivity index (χ0v) is 18.3. The lowest BCUT2D eigenvalue weighted by atomic mass is 9.99. The highest BCUT2D eigenvalue weighted by Crippen LogP contribution is 2.33. The van der Waals surface area contributed by atoms with Gasteiger partial charge in [0, 0.05) is 31.6 Å². The van der Waals surface area contributed by atoms with Crippen molar-refractivity contribution in [3.8, 4) is 11.4 Å². The van der Waals surface area contributed by atoms with Crippen LogP contribution >= 0.6 is 0 Å². The van der Waals surface area contributed by atoms with Gasteiger partial charge in [0.05, 0.1) is 22.6 Å². The van der Waals surface area contributed by atoms with Crippen LogP contribution in [0.1, 0.15) is 50.9 Å². The number of rotatable bonds is 6. The van der Waals surface area contributed by atoms with Crippen LogP contribution < -0.4 is 0 Å². The van der Waals surface area contributed by atoms with Gasteiger partial charge < -0.3 is 9.42 Å². The first kappa shape index (κ1) is 22.8. The molecule has 1 fully saturated rings. The number of benzene rings is 2. The monoisotopic (exact) mass is 484 g/mol. The van der Waals surface area contributed by atoms with Gasteiger partial charge in [-0.25, -0.2) is 0 Å². The van der Waals surface area contributed by atoms with Gasteiger partial charge >= 0.3 is 6.18 Å². The molecule has 8 nitrogen and oxygen atoms in total. The molecule has 3 heterocycles. The van der Waals surface area contributed by atoms with E-state index in [4.69, 9.17) is 4.52 Å². The normalized spacial score (nSPS) is 16.0. The maximum absolute atomic E-state index is 12.9. The maximum atomic E-state index is 12.9. The van der Waals surface area contributed by atoms with Crippen LogP contribution in [0.25, 0.3) is 11.4 Å². The number of carbonyl (C=O) groups excluding carboxylic acids is 3. The summed E-state index contributed by atoms with van der Waals surface area (Å²) < 4.78 is 44.0. The Hall–Kier alpha value is -4.02. The number of carbonyl (C=O) groups is 3. The van der Waals surface area contributed by atoms with Crippen LogP contribution in [0.4, 0.5) is 13.2 Å². The van der Waals surface area contributed by atoms with E-state index in [1.807, 2.05) is 0 Å². The van der Waals surface area contributed by atoms with Gasteiger partial charge in [0.2, 0.25) is 17.6 Å². The molecule has 2 aliphatic rings. The second-order valence-corrected chi connectivity index (χ2v) is 8.44. The van der Waals surface area contributed by atoms with Gasteiger partial charge in [-0.2, -0.15) is 18.2 Å². The number of hydrogen-bond donors (Lipinski definition) is 0. The topological polar surface area (TPSA) is 96.6 Å². The second kappa shape index (κ2) is 8.64. The molecule has 3 aromatic rings. The molecule has 11 heteroatoms. The molecule has 2 aliphatic heterocycles. The third-order valence-corrected chi connectivity index (χ3v) is 6.12. The number of alkyl halides is 3. The number of fused-ring (bicyclic) bond motifs is 1. The second-order valence-electron chi connectivity index (χ2n) is 8.44. The van der Waals surface area contributed by atoms with Crippen molar-refractivity contribution >= 4 is 17.7 Å². The highest BCUT2D eigenvalue weighted by atomic mass is 19.4. The summed E-state index contributed by atoms with van der Waals surface area (Å²) in [4.78, 5) is 44.2. The molecule has 1 saturated heterocycles. The Morgan fingerprint density at radius 2 is 1.71 bits per heavy atom. The number of nitrogens with zero attached hydrogens (tertiary/aromatic N) is 4. The van der Waals surface area contributed by atoms with Crippen molar-refractivity contribution in [3.63, 3.8) is 0 Å². The predicted octanol–water partition coefficient (Wildman–Crippen LogP) is 3.76. The number of likely N-dealkylation sites (tertiary alicyclic amines) is 1. The quantitative estimate of drug-likeness (QED) is 0.495. The fraction of sp³-hybridized carbons (Fsp3) is 0.292. The van der Waals surface area contributed by atoms with Crippen LogP contribution in [0.3, 0.4) is 0 Å². The van der Waals surface area contributed by atoms with Crippen molar-refractivity contribution in [1.82, 2.24) is 19.9 Å². The zero-order chi connectivity index (χ0) is 24.7. The van der Waals surface area contributed by atoms with Gasteiger partial charge in [0.15, 0.2) is 0 Å². The minimum Gasteiger partial charge on any atom is -0.341 e. The van der Waals surface area contributed by atoms with Crippen LogP contribution in [0, 0.1) is 0 Å². The molecule has 180 valence electrons. The number of amides is 3. The first-order valence-corrected chi connectivity index (χ1v) is 11.0. The fourth-order valence-corrected chi connectivity index (χ4v) is 4.18. The molecule has 0 N–H and O–H groups in total. The van der Waals surface area contributed by atoms with Crippen LogP contribution in [0.2, 0.25) is 0 Å². The molecule has 3 amide bonds. The van der Waals surface area contributed by atoms with E-state index in [1.54, 1.807) is 29.2 Å². The molecule has 0 spiro atoms. The van der Waals surface area contributed by atoms with E-state index in [9.17, 15) is 27.6 Å². The molecule has 5 rings (SSSR count). The molecule has 0 unspecified atom stereocenters. The van der Waals surface area contributed by atoms with E-state index in [0.29, 0.717) is 30.6 Å².